The zero-order chi connectivity index (χ0) is 17.7. The Hall–Kier alpha value is -2.62. The van der Waals surface area contributed by atoms with Gasteiger partial charge >= 0.3 is 12.1 Å². The predicted molar refractivity (Wildman–Crippen MR) is 82.6 cm³/mol. The molecule has 1 amide bonds. The zero-order valence-corrected chi connectivity index (χ0v) is 13.4. The fraction of sp³-hybridized carbons (Fsp3) is 0.471. The summed E-state index contributed by atoms with van der Waals surface area (Å²) in [6.45, 7) is 2.20. The van der Waals surface area contributed by atoms with E-state index in [4.69, 9.17) is 9.84 Å². The lowest BCUT2D eigenvalue weighted by Gasteiger charge is -2.43. The van der Waals surface area contributed by atoms with Crippen molar-refractivity contribution in [3.63, 3.8) is 0 Å². The summed E-state index contributed by atoms with van der Waals surface area (Å²) in [4.78, 5) is 24.7. The Morgan fingerprint density at radius 1 is 1.38 bits per heavy atom. The van der Waals surface area contributed by atoms with E-state index in [-0.39, 0.29) is 19.7 Å². The van der Waals surface area contributed by atoms with E-state index in [1.807, 2.05) is 6.07 Å². The van der Waals surface area contributed by atoms with Crippen LogP contribution in [0.1, 0.15) is 25.3 Å². The average Bonchev–Trinajstić information content (AvgIpc) is 2.56. The Kier molecular flexibility index (Phi) is 5.39. The quantitative estimate of drug-likeness (QED) is 0.855. The highest BCUT2D eigenvalue weighted by Crippen LogP contribution is 2.42. The van der Waals surface area contributed by atoms with E-state index < -0.39 is 29.2 Å². The lowest BCUT2D eigenvalue weighted by atomic mass is 9.64. The van der Waals surface area contributed by atoms with Crippen LogP contribution < -0.4 is 0 Å². The van der Waals surface area contributed by atoms with Crippen LogP contribution >= 0.6 is 0 Å². The maximum atomic E-state index is 13.3. The van der Waals surface area contributed by atoms with Gasteiger partial charge in [-0.15, -0.1) is 0 Å². The Balaban J connectivity index is 2.42. The van der Waals surface area contributed by atoms with Crippen LogP contribution in [0.3, 0.4) is 0 Å². The Labute approximate surface area is 139 Å². The SMILES string of the molecule is CCOC(=O)C(C#N)C1(c2ccc(F)cc2)CCN(C(=O)O)CC1. The predicted octanol–water partition coefficient (Wildman–Crippen LogP) is 2.54. The number of piperidine rings is 1. The van der Waals surface area contributed by atoms with Gasteiger partial charge in [0.2, 0.25) is 0 Å². The number of hydrogen-bond donors (Lipinski definition) is 1. The Morgan fingerprint density at radius 3 is 2.42 bits per heavy atom. The van der Waals surface area contributed by atoms with Crippen molar-refractivity contribution in [2.45, 2.75) is 25.2 Å². The standard InChI is InChI=1S/C17H19FN2O4/c1-2-24-15(21)14(11-19)17(12-3-5-13(18)6-4-12)7-9-20(10-8-17)16(22)23/h3-6,14H,2,7-10H2,1H3,(H,22,23). The maximum absolute atomic E-state index is 13.3. The first kappa shape index (κ1) is 17.7. The number of ether oxygens (including phenoxy) is 1. The molecule has 0 saturated carbocycles. The molecule has 1 saturated heterocycles. The van der Waals surface area contributed by atoms with Gasteiger partial charge in [0.1, 0.15) is 5.82 Å². The van der Waals surface area contributed by atoms with Crippen molar-refractivity contribution in [3.05, 3.63) is 35.6 Å². The van der Waals surface area contributed by atoms with Crippen molar-refractivity contribution in [2.24, 2.45) is 5.92 Å². The number of likely N-dealkylation sites (tertiary alicyclic amines) is 1. The summed E-state index contributed by atoms with van der Waals surface area (Å²) < 4.78 is 18.3. The van der Waals surface area contributed by atoms with Crippen molar-refractivity contribution in [3.8, 4) is 6.07 Å². The average molecular weight is 334 g/mol. The molecule has 1 aromatic carbocycles. The molecule has 1 aliphatic rings. The van der Waals surface area contributed by atoms with Crippen LogP contribution in [0.2, 0.25) is 0 Å². The molecule has 2 rings (SSSR count). The number of amides is 1. The number of carbonyl (C=O) groups is 2. The van der Waals surface area contributed by atoms with Gasteiger partial charge in [0.15, 0.2) is 5.92 Å². The smallest absolute Gasteiger partial charge is 0.407 e. The van der Waals surface area contributed by atoms with E-state index in [1.54, 1.807) is 19.1 Å². The summed E-state index contributed by atoms with van der Waals surface area (Å²) >= 11 is 0. The number of hydrogen-bond acceptors (Lipinski definition) is 4. The number of carbonyl (C=O) groups excluding carboxylic acids is 1. The Morgan fingerprint density at radius 2 is 1.96 bits per heavy atom. The molecular formula is C17H19FN2O4. The molecule has 24 heavy (non-hydrogen) atoms. The van der Waals surface area contributed by atoms with E-state index in [1.165, 1.54) is 17.0 Å². The second kappa shape index (κ2) is 7.30. The molecule has 0 radical (unpaired) electrons. The molecule has 1 unspecified atom stereocenters. The van der Waals surface area contributed by atoms with Crippen molar-refractivity contribution in [2.75, 3.05) is 19.7 Å². The van der Waals surface area contributed by atoms with Crippen molar-refractivity contribution < 1.29 is 23.8 Å². The third-order valence-electron chi connectivity index (χ3n) is 4.55. The summed E-state index contributed by atoms with van der Waals surface area (Å²) in [5.41, 5.74) is -0.241. The molecule has 0 spiro atoms. The normalized spacial score (nSPS) is 17.6. The molecule has 1 N–H and O–H groups in total. The van der Waals surface area contributed by atoms with Crippen LogP contribution in [0.4, 0.5) is 9.18 Å². The van der Waals surface area contributed by atoms with E-state index in [2.05, 4.69) is 0 Å². The minimum Gasteiger partial charge on any atom is -0.465 e. The van der Waals surface area contributed by atoms with E-state index in [9.17, 15) is 19.2 Å². The zero-order valence-electron chi connectivity index (χ0n) is 13.4. The van der Waals surface area contributed by atoms with E-state index >= 15 is 0 Å². The monoisotopic (exact) mass is 334 g/mol. The molecule has 1 aliphatic heterocycles. The molecule has 6 nitrogen and oxygen atoms in total. The second-order valence-corrected chi connectivity index (χ2v) is 5.75. The van der Waals surface area contributed by atoms with Crippen molar-refractivity contribution in [1.29, 1.82) is 5.26 Å². The van der Waals surface area contributed by atoms with Crippen molar-refractivity contribution >= 4 is 12.1 Å². The van der Waals surface area contributed by atoms with Gasteiger partial charge in [-0.1, -0.05) is 12.1 Å². The van der Waals surface area contributed by atoms with Gasteiger partial charge in [-0.05, 0) is 37.5 Å². The number of carboxylic acid groups (broad SMARTS) is 1. The molecule has 0 bridgehead atoms. The van der Waals surface area contributed by atoms with Gasteiger partial charge in [-0.25, -0.2) is 9.18 Å². The highest BCUT2D eigenvalue weighted by Gasteiger charge is 2.48. The first-order valence-corrected chi connectivity index (χ1v) is 7.74. The molecule has 7 heteroatoms. The molecule has 1 aromatic rings. The fourth-order valence-electron chi connectivity index (χ4n) is 3.25. The summed E-state index contributed by atoms with van der Waals surface area (Å²) in [6, 6.07) is 7.68. The first-order valence-electron chi connectivity index (χ1n) is 7.74. The van der Waals surface area contributed by atoms with Gasteiger partial charge in [0, 0.05) is 18.5 Å². The van der Waals surface area contributed by atoms with Crippen LogP contribution in [0, 0.1) is 23.1 Å². The number of nitrogens with zero attached hydrogens (tertiary/aromatic N) is 2. The summed E-state index contributed by atoms with van der Waals surface area (Å²) in [7, 11) is 0. The lowest BCUT2D eigenvalue weighted by Crippen LogP contribution is -2.50. The number of halogens is 1. The highest BCUT2D eigenvalue weighted by molar-refractivity contribution is 5.78. The molecule has 128 valence electrons. The summed E-state index contributed by atoms with van der Waals surface area (Å²) in [5, 5.41) is 18.7. The van der Waals surface area contributed by atoms with Crippen LogP contribution in [-0.4, -0.2) is 41.8 Å². The van der Waals surface area contributed by atoms with Crippen LogP contribution in [0.25, 0.3) is 0 Å². The third kappa shape index (κ3) is 3.32. The number of rotatable bonds is 4. The first-order chi connectivity index (χ1) is 11.4. The van der Waals surface area contributed by atoms with Crippen molar-refractivity contribution in [1.82, 2.24) is 4.90 Å². The molecule has 0 aliphatic carbocycles. The maximum Gasteiger partial charge on any atom is 0.407 e. The van der Waals surface area contributed by atoms with Gasteiger partial charge in [0.05, 0.1) is 12.7 Å². The minimum absolute atomic E-state index is 0.151. The molecule has 1 heterocycles. The van der Waals surface area contributed by atoms with Gasteiger partial charge in [-0.3, -0.25) is 4.79 Å². The number of esters is 1. The topological polar surface area (TPSA) is 90.6 Å². The molecule has 0 aromatic heterocycles. The largest absolute Gasteiger partial charge is 0.465 e. The lowest BCUT2D eigenvalue weighted by molar-refractivity contribution is -0.149. The summed E-state index contributed by atoms with van der Waals surface area (Å²) in [6.07, 6.45) is -0.448. The third-order valence-corrected chi connectivity index (χ3v) is 4.55. The van der Waals surface area contributed by atoms with E-state index in [0.717, 1.165) is 0 Å². The number of benzene rings is 1. The second-order valence-electron chi connectivity index (χ2n) is 5.75. The molecule has 1 atom stereocenters. The summed E-state index contributed by atoms with van der Waals surface area (Å²) in [5.74, 6) is -2.12. The Bertz CT molecular complexity index is 646. The minimum atomic E-state index is -1.07. The van der Waals surface area contributed by atoms with Gasteiger partial charge in [0.25, 0.3) is 0 Å². The van der Waals surface area contributed by atoms with Gasteiger partial charge < -0.3 is 14.7 Å². The molecule has 1 fully saturated rings. The van der Waals surface area contributed by atoms with Crippen LogP contribution in [-0.2, 0) is 14.9 Å². The van der Waals surface area contributed by atoms with Crippen LogP contribution in [0.15, 0.2) is 24.3 Å². The van der Waals surface area contributed by atoms with E-state index in [0.29, 0.717) is 18.4 Å². The van der Waals surface area contributed by atoms with Crippen LogP contribution in [0.5, 0.6) is 0 Å². The number of nitriles is 1. The highest BCUT2D eigenvalue weighted by atomic mass is 19.1. The van der Waals surface area contributed by atoms with Gasteiger partial charge in [-0.2, -0.15) is 5.26 Å². The molecular weight excluding hydrogens is 315 g/mol. The fourth-order valence-corrected chi connectivity index (χ4v) is 3.25.